The van der Waals surface area contributed by atoms with Crippen LogP contribution in [0.25, 0.3) is 0 Å². The van der Waals surface area contributed by atoms with Crippen molar-refractivity contribution in [2.45, 2.75) is 45.1 Å². The van der Waals surface area contributed by atoms with Gasteiger partial charge in [0.25, 0.3) is 5.91 Å². The van der Waals surface area contributed by atoms with E-state index in [1.807, 2.05) is 19.3 Å². The van der Waals surface area contributed by atoms with Crippen molar-refractivity contribution in [1.29, 1.82) is 0 Å². The number of halogens is 1. The second kappa shape index (κ2) is 6.62. The zero-order chi connectivity index (χ0) is 17.4. The SMILES string of the molecule is Cc1ccc(C(=O)N2CCCC(c3nccn3CC3CC3)C2)c(F)c1. The van der Waals surface area contributed by atoms with Crippen LogP contribution in [-0.4, -0.2) is 33.4 Å². The lowest BCUT2D eigenvalue weighted by Crippen LogP contribution is -2.40. The number of imidazole rings is 1. The smallest absolute Gasteiger partial charge is 0.256 e. The summed E-state index contributed by atoms with van der Waals surface area (Å²) in [6.45, 7) is 4.17. The highest BCUT2D eigenvalue weighted by molar-refractivity contribution is 5.94. The van der Waals surface area contributed by atoms with Gasteiger partial charge in [-0.3, -0.25) is 4.79 Å². The van der Waals surface area contributed by atoms with E-state index >= 15 is 0 Å². The van der Waals surface area contributed by atoms with E-state index < -0.39 is 5.82 Å². The summed E-state index contributed by atoms with van der Waals surface area (Å²) in [6, 6.07) is 4.82. The van der Waals surface area contributed by atoms with Gasteiger partial charge in [-0.1, -0.05) is 6.07 Å². The number of carbonyl (C=O) groups excluding carboxylic acids is 1. The molecule has 1 saturated heterocycles. The van der Waals surface area contributed by atoms with Gasteiger partial charge in [-0.2, -0.15) is 0 Å². The van der Waals surface area contributed by atoms with E-state index in [0.29, 0.717) is 13.1 Å². The molecule has 1 aromatic carbocycles. The molecule has 4 nitrogen and oxygen atoms in total. The molecule has 2 heterocycles. The number of hydrogen-bond acceptors (Lipinski definition) is 2. The number of aromatic nitrogens is 2. The Labute approximate surface area is 147 Å². The molecule has 5 heteroatoms. The number of piperidine rings is 1. The zero-order valence-corrected chi connectivity index (χ0v) is 14.6. The normalized spacial score (nSPS) is 20.7. The number of likely N-dealkylation sites (tertiary alicyclic amines) is 1. The fourth-order valence-corrected chi connectivity index (χ4v) is 3.75. The number of rotatable bonds is 4. The fourth-order valence-electron chi connectivity index (χ4n) is 3.75. The van der Waals surface area contributed by atoms with Crippen LogP contribution in [0, 0.1) is 18.7 Å². The molecule has 1 atom stereocenters. The molecule has 1 aromatic heterocycles. The van der Waals surface area contributed by atoms with Crippen molar-refractivity contribution in [2.24, 2.45) is 5.92 Å². The quantitative estimate of drug-likeness (QED) is 0.849. The van der Waals surface area contributed by atoms with Crippen LogP contribution in [-0.2, 0) is 6.54 Å². The van der Waals surface area contributed by atoms with E-state index in [4.69, 9.17) is 0 Å². The van der Waals surface area contributed by atoms with Crippen molar-refractivity contribution in [3.05, 3.63) is 53.4 Å². The lowest BCUT2D eigenvalue weighted by Gasteiger charge is -2.33. The highest BCUT2D eigenvalue weighted by Gasteiger charge is 2.30. The number of benzene rings is 1. The van der Waals surface area contributed by atoms with E-state index in [1.54, 1.807) is 17.0 Å². The fraction of sp³-hybridized carbons (Fsp3) is 0.500. The molecule has 2 aromatic rings. The summed E-state index contributed by atoms with van der Waals surface area (Å²) in [5.74, 6) is 1.47. The number of aryl methyl sites for hydroxylation is 1. The first kappa shape index (κ1) is 16.3. The number of hydrogen-bond donors (Lipinski definition) is 0. The van der Waals surface area contributed by atoms with Gasteiger partial charge in [0.1, 0.15) is 11.6 Å². The standard InChI is InChI=1S/C20H24FN3O/c1-14-4-7-17(18(21)11-14)20(25)24-9-2-3-16(13-24)19-22-8-10-23(19)12-15-5-6-15/h4,7-8,10-11,15-16H,2-3,5-6,9,12-13H2,1H3. The predicted molar refractivity (Wildman–Crippen MR) is 94.0 cm³/mol. The minimum atomic E-state index is -0.428. The molecule has 4 rings (SSSR count). The molecular weight excluding hydrogens is 317 g/mol. The zero-order valence-electron chi connectivity index (χ0n) is 14.6. The van der Waals surface area contributed by atoms with Gasteiger partial charge in [-0.25, -0.2) is 9.37 Å². The lowest BCUT2D eigenvalue weighted by atomic mass is 9.96. The first-order valence-corrected chi connectivity index (χ1v) is 9.18. The second-order valence-corrected chi connectivity index (χ2v) is 7.45. The molecule has 1 unspecified atom stereocenters. The van der Waals surface area contributed by atoms with Crippen molar-refractivity contribution in [3.63, 3.8) is 0 Å². The van der Waals surface area contributed by atoms with E-state index in [9.17, 15) is 9.18 Å². The van der Waals surface area contributed by atoms with Crippen LogP contribution in [0.3, 0.4) is 0 Å². The summed E-state index contributed by atoms with van der Waals surface area (Å²) >= 11 is 0. The van der Waals surface area contributed by atoms with E-state index in [2.05, 4.69) is 9.55 Å². The molecule has 0 radical (unpaired) electrons. The third-order valence-electron chi connectivity index (χ3n) is 5.33. The molecule has 2 aliphatic rings. The van der Waals surface area contributed by atoms with Crippen LogP contribution in [0.1, 0.15) is 53.3 Å². The molecule has 132 valence electrons. The van der Waals surface area contributed by atoms with Crippen molar-refractivity contribution >= 4 is 5.91 Å². The first-order chi connectivity index (χ1) is 12.1. The van der Waals surface area contributed by atoms with Gasteiger partial charge in [-0.05, 0) is 56.2 Å². The third-order valence-corrected chi connectivity index (χ3v) is 5.33. The molecular formula is C20H24FN3O. The summed E-state index contributed by atoms with van der Waals surface area (Å²) in [5, 5.41) is 0. The second-order valence-electron chi connectivity index (χ2n) is 7.45. The summed E-state index contributed by atoms with van der Waals surface area (Å²) in [6.07, 6.45) is 8.48. The van der Waals surface area contributed by atoms with Crippen molar-refractivity contribution in [3.8, 4) is 0 Å². The van der Waals surface area contributed by atoms with E-state index in [0.717, 1.165) is 36.7 Å². The first-order valence-electron chi connectivity index (χ1n) is 9.18. The molecule has 25 heavy (non-hydrogen) atoms. The molecule has 0 spiro atoms. The number of amides is 1. The Morgan fingerprint density at radius 1 is 1.32 bits per heavy atom. The van der Waals surface area contributed by atoms with Crippen molar-refractivity contribution in [1.82, 2.24) is 14.5 Å². The molecule has 0 bridgehead atoms. The van der Waals surface area contributed by atoms with Gasteiger partial charge in [0.05, 0.1) is 5.56 Å². The Kier molecular flexibility index (Phi) is 4.32. The summed E-state index contributed by atoms with van der Waals surface area (Å²) < 4.78 is 16.4. The van der Waals surface area contributed by atoms with E-state index in [1.165, 1.54) is 18.9 Å². The number of nitrogens with zero attached hydrogens (tertiary/aromatic N) is 3. The molecule has 1 saturated carbocycles. The molecule has 1 amide bonds. The lowest BCUT2D eigenvalue weighted by molar-refractivity contribution is 0.0698. The number of carbonyl (C=O) groups is 1. The largest absolute Gasteiger partial charge is 0.338 e. The third kappa shape index (κ3) is 3.46. The predicted octanol–water partition coefficient (Wildman–Crippen LogP) is 3.76. The summed E-state index contributed by atoms with van der Waals surface area (Å²) in [5.41, 5.74) is 1.00. The summed E-state index contributed by atoms with van der Waals surface area (Å²) in [4.78, 5) is 19.1. The van der Waals surface area contributed by atoms with Gasteiger partial charge in [0.15, 0.2) is 0 Å². The Bertz CT molecular complexity index is 781. The molecule has 0 N–H and O–H groups in total. The van der Waals surface area contributed by atoms with Gasteiger partial charge < -0.3 is 9.47 Å². The molecule has 1 aliphatic carbocycles. The average molecular weight is 341 g/mol. The van der Waals surface area contributed by atoms with Gasteiger partial charge in [0.2, 0.25) is 0 Å². The van der Waals surface area contributed by atoms with Crippen LogP contribution in [0.2, 0.25) is 0 Å². The minimum Gasteiger partial charge on any atom is -0.338 e. The Balaban J connectivity index is 1.50. The van der Waals surface area contributed by atoms with Crippen LogP contribution in [0.5, 0.6) is 0 Å². The van der Waals surface area contributed by atoms with Crippen LogP contribution < -0.4 is 0 Å². The molecule has 1 aliphatic heterocycles. The minimum absolute atomic E-state index is 0.174. The molecule has 2 fully saturated rings. The Morgan fingerprint density at radius 3 is 2.92 bits per heavy atom. The topological polar surface area (TPSA) is 38.1 Å². The van der Waals surface area contributed by atoms with Gasteiger partial charge in [0, 0.05) is 37.9 Å². The Morgan fingerprint density at radius 2 is 2.16 bits per heavy atom. The average Bonchev–Trinajstić information content (AvgIpc) is 3.30. The Hall–Kier alpha value is -2.17. The van der Waals surface area contributed by atoms with Gasteiger partial charge in [-0.15, -0.1) is 0 Å². The van der Waals surface area contributed by atoms with Crippen LogP contribution in [0.15, 0.2) is 30.6 Å². The van der Waals surface area contributed by atoms with Crippen LogP contribution >= 0.6 is 0 Å². The monoisotopic (exact) mass is 341 g/mol. The maximum absolute atomic E-state index is 14.2. The van der Waals surface area contributed by atoms with Gasteiger partial charge >= 0.3 is 0 Å². The maximum Gasteiger partial charge on any atom is 0.256 e. The van der Waals surface area contributed by atoms with Crippen molar-refractivity contribution < 1.29 is 9.18 Å². The van der Waals surface area contributed by atoms with E-state index in [-0.39, 0.29) is 17.4 Å². The highest BCUT2D eigenvalue weighted by Crippen LogP contribution is 2.33. The van der Waals surface area contributed by atoms with Crippen LogP contribution in [0.4, 0.5) is 4.39 Å². The highest BCUT2D eigenvalue weighted by atomic mass is 19.1. The van der Waals surface area contributed by atoms with Crippen molar-refractivity contribution in [2.75, 3.05) is 13.1 Å². The maximum atomic E-state index is 14.2. The summed E-state index contributed by atoms with van der Waals surface area (Å²) in [7, 11) is 0.